The minimum Gasteiger partial charge on any atom is -0.394 e. The Kier molecular flexibility index (Phi) is 6.50. The highest BCUT2D eigenvalue weighted by molar-refractivity contribution is 6.72. The number of anilines is 1. The molecule has 0 radical (unpaired) electrons. The van der Waals surface area contributed by atoms with Gasteiger partial charge in [-0.05, 0) is 44.1 Å². The van der Waals surface area contributed by atoms with Gasteiger partial charge in [-0.3, -0.25) is 9.59 Å². The summed E-state index contributed by atoms with van der Waals surface area (Å²) in [5.74, 6) is -0.905. The van der Waals surface area contributed by atoms with E-state index in [0.717, 1.165) is 12.8 Å². The van der Waals surface area contributed by atoms with E-state index in [2.05, 4.69) is 6.58 Å². The molecule has 1 aromatic rings. The lowest BCUT2D eigenvalue weighted by Crippen LogP contribution is -2.45. The molecule has 4 rings (SSSR count). The van der Waals surface area contributed by atoms with Gasteiger partial charge in [-0.2, -0.15) is 0 Å². The molecule has 33 heavy (non-hydrogen) atoms. The maximum atomic E-state index is 15.8. The first-order valence-electron chi connectivity index (χ1n) is 11.6. The van der Waals surface area contributed by atoms with Crippen molar-refractivity contribution in [1.29, 1.82) is 0 Å². The van der Waals surface area contributed by atoms with Crippen molar-refractivity contribution in [3.63, 3.8) is 0 Å². The number of hydrogen-bond donors (Lipinski definition) is 1. The van der Waals surface area contributed by atoms with Gasteiger partial charge < -0.3 is 23.8 Å². The molecule has 2 saturated heterocycles. The minimum absolute atomic E-state index is 0.0156. The highest BCUT2D eigenvalue weighted by Crippen LogP contribution is 2.60. The monoisotopic (exact) mass is 494 g/mol. The van der Waals surface area contributed by atoms with Crippen LogP contribution in [-0.4, -0.2) is 62.1 Å². The third-order valence-electron chi connectivity index (χ3n) is 7.52. The number of rotatable bonds is 6. The Bertz CT molecular complexity index is 970. The van der Waals surface area contributed by atoms with Crippen LogP contribution >= 0.6 is 11.6 Å². The minimum atomic E-state index is -3.35. The highest BCUT2D eigenvalue weighted by atomic mass is 35.5. The summed E-state index contributed by atoms with van der Waals surface area (Å²) >= 11 is 6.31. The van der Waals surface area contributed by atoms with Gasteiger partial charge in [-0.15, -0.1) is 6.58 Å². The van der Waals surface area contributed by atoms with Crippen LogP contribution < -0.4 is 4.90 Å². The Balaban J connectivity index is 1.75. The molecule has 0 aliphatic carbocycles. The van der Waals surface area contributed by atoms with Gasteiger partial charge in [0.25, 0.3) is 5.91 Å². The highest BCUT2D eigenvalue weighted by Gasteiger charge is 2.67. The van der Waals surface area contributed by atoms with Gasteiger partial charge >= 0.3 is 0 Å². The van der Waals surface area contributed by atoms with E-state index >= 15 is 4.11 Å². The summed E-state index contributed by atoms with van der Waals surface area (Å²) in [6.07, 6.45) is 2.47. The van der Waals surface area contributed by atoms with Gasteiger partial charge in [-0.25, -0.2) is 0 Å². The predicted molar refractivity (Wildman–Crippen MR) is 128 cm³/mol. The van der Waals surface area contributed by atoms with Crippen LogP contribution in [-0.2, 0) is 19.9 Å². The average Bonchev–Trinajstić information content (AvgIpc) is 3.39. The predicted octanol–water partition coefficient (Wildman–Crippen LogP) is 4.02. The lowest BCUT2D eigenvalue weighted by Gasteiger charge is -2.31. The lowest BCUT2D eigenvalue weighted by atomic mass is 9.82. The molecule has 1 aromatic carbocycles. The second kappa shape index (κ2) is 8.80. The van der Waals surface area contributed by atoms with E-state index in [-0.39, 0.29) is 30.9 Å². The van der Waals surface area contributed by atoms with E-state index < -0.39 is 31.6 Å². The Labute approximate surface area is 200 Å². The summed E-state index contributed by atoms with van der Waals surface area (Å²) in [4.78, 5) is 30.3. The van der Waals surface area contributed by atoms with Crippen LogP contribution in [0.3, 0.4) is 0 Å². The molecule has 0 aromatic heterocycles. The van der Waals surface area contributed by atoms with E-state index in [0.29, 0.717) is 29.4 Å². The molecule has 3 heterocycles. The molecule has 1 N–H and O–H groups in total. The number of likely N-dealkylation sites (tertiary alicyclic amines) is 1. The Hall–Kier alpha value is -1.74. The van der Waals surface area contributed by atoms with Gasteiger partial charge in [0.2, 0.25) is 14.3 Å². The van der Waals surface area contributed by atoms with Crippen molar-refractivity contribution in [2.45, 2.75) is 62.6 Å². The number of fused-ring (bicyclic) bond motifs is 2. The normalized spacial score (nSPS) is 31.5. The number of nitrogens with zero attached hydrogens (tertiary/aromatic N) is 2. The fraction of sp³-hybridized carbons (Fsp3) is 0.583. The van der Waals surface area contributed by atoms with Gasteiger partial charge in [0, 0.05) is 35.1 Å². The average molecular weight is 495 g/mol. The molecule has 9 heteroatoms. The molecule has 0 bridgehead atoms. The Morgan fingerprint density at radius 3 is 2.82 bits per heavy atom. The van der Waals surface area contributed by atoms with Gasteiger partial charge in [0.05, 0.1) is 30.9 Å². The van der Waals surface area contributed by atoms with Crippen molar-refractivity contribution in [2.24, 2.45) is 5.92 Å². The number of halogens is 2. The van der Waals surface area contributed by atoms with E-state index in [1.165, 1.54) is 0 Å². The fourth-order valence-electron chi connectivity index (χ4n) is 6.17. The number of carbonyl (C=O) groups is 2. The number of hydrogen-bond acceptors (Lipinski definition) is 4. The molecule has 3 aliphatic rings. The first-order valence-corrected chi connectivity index (χ1v) is 14.9. The molecule has 0 unspecified atom stereocenters. The largest absolute Gasteiger partial charge is 0.394 e. The van der Waals surface area contributed by atoms with Crippen LogP contribution in [0.25, 0.3) is 0 Å². The molecule has 0 saturated carbocycles. The van der Waals surface area contributed by atoms with Crippen molar-refractivity contribution < 1.29 is 23.5 Å². The quantitative estimate of drug-likeness (QED) is 0.368. The maximum Gasteiger partial charge on any atom is 0.264 e. The van der Waals surface area contributed by atoms with Gasteiger partial charge in [0.15, 0.2) is 5.60 Å². The van der Waals surface area contributed by atoms with Crippen LogP contribution in [0.15, 0.2) is 30.9 Å². The van der Waals surface area contributed by atoms with Gasteiger partial charge in [-0.1, -0.05) is 24.6 Å². The molecule has 180 valence electrons. The number of aliphatic hydroxyl groups excluding tert-OH is 1. The zero-order valence-electron chi connectivity index (χ0n) is 19.4. The topological polar surface area (TPSA) is 70.1 Å². The number of ether oxygens (including phenoxy) is 1. The van der Waals surface area contributed by atoms with Crippen LogP contribution in [0, 0.1) is 5.92 Å². The summed E-state index contributed by atoms with van der Waals surface area (Å²) in [5.41, 5.74) is -0.644. The van der Waals surface area contributed by atoms with Crippen LogP contribution in [0.4, 0.5) is 9.80 Å². The van der Waals surface area contributed by atoms with Crippen molar-refractivity contribution in [3.05, 3.63) is 41.4 Å². The smallest absolute Gasteiger partial charge is 0.264 e. The second-order valence-corrected chi connectivity index (χ2v) is 14.1. The van der Waals surface area contributed by atoms with E-state index in [9.17, 15) is 14.7 Å². The molecule has 2 fully saturated rings. The zero-order valence-corrected chi connectivity index (χ0v) is 21.1. The van der Waals surface area contributed by atoms with E-state index in [4.69, 9.17) is 16.3 Å². The SMILES string of the molecule is C=CCN1C(=O)[C@]2(O[C@H](CC(=O)N3CCC[C@H]3CO)[C@@H]([Si](C)(C)F)[C@@H]2C)c2cc(Cl)ccc21. The number of amides is 2. The number of benzene rings is 1. The molecule has 6 nitrogen and oxygen atoms in total. The summed E-state index contributed by atoms with van der Waals surface area (Å²) in [6, 6.07) is 5.02. The zero-order chi connectivity index (χ0) is 24.1. The molecular formula is C24H32ClFN2O4Si. The summed E-state index contributed by atoms with van der Waals surface area (Å²) in [5, 5.41) is 10.1. The molecule has 2 amide bonds. The van der Waals surface area contributed by atoms with E-state index in [1.807, 2.05) is 6.92 Å². The number of carbonyl (C=O) groups excluding carboxylic acids is 2. The molecule has 3 aliphatic heterocycles. The maximum absolute atomic E-state index is 15.8. The van der Waals surface area contributed by atoms with Crippen molar-refractivity contribution in [2.75, 3.05) is 24.6 Å². The standard InChI is InChI=1S/C24H32ClFN2O4Si/c1-5-10-28-19-9-8-16(25)12-18(19)24(23(28)31)15(2)22(33(3,4)26)20(32-24)13-21(30)27-11-6-7-17(27)14-29/h5,8-9,12,15,17,20,22,29H,1,6-7,10-11,13-14H2,2-4H3/t15-,17-,20+,22-,24+/m0/s1. The van der Waals surface area contributed by atoms with Gasteiger partial charge in [0.1, 0.15) is 0 Å². The second-order valence-electron chi connectivity index (χ2n) is 9.91. The molecular weight excluding hydrogens is 463 g/mol. The fourth-order valence-corrected chi connectivity index (χ4v) is 8.84. The van der Waals surface area contributed by atoms with Crippen LogP contribution in [0.1, 0.15) is 31.7 Å². The van der Waals surface area contributed by atoms with Crippen molar-refractivity contribution in [3.8, 4) is 0 Å². The Morgan fingerprint density at radius 2 is 2.18 bits per heavy atom. The van der Waals surface area contributed by atoms with Crippen LogP contribution in [0.2, 0.25) is 23.7 Å². The lowest BCUT2D eigenvalue weighted by molar-refractivity contribution is -0.149. The summed E-state index contributed by atoms with van der Waals surface area (Å²) in [6.45, 7) is 9.62. The van der Waals surface area contributed by atoms with Crippen molar-refractivity contribution in [1.82, 2.24) is 4.90 Å². The number of aliphatic hydroxyl groups is 1. The first-order chi connectivity index (χ1) is 15.6. The van der Waals surface area contributed by atoms with E-state index in [1.54, 1.807) is 47.2 Å². The van der Waals surface area contributed by atoms with Crippen LogP contribution in [0.5, 0.6) is 0 Å². The molecule has 1 spiro atoms. The first kappa shape index (κ1) is 24.4. The third kappa shape index (κ3) is 3.85. The van der Waals surface area contributed by atoms with Crippen molar-refractivity contribution >= 4 is 37.5 Å². The Morgan fingerprint density at radius 1 is 1.45 bits per heavy atom. The summed E-state index contributed by atoms with van der Waals surface area (Å²) < 4.78 is 22.3. The third-order valence-corrected chi connectivity index (χ3v) is 10.2. The molecule has 5 atom stereocenters. The summed E-state index contributed by atoms with van der Waals surface area (Å²) in [7, 11) is -3.35.